The Balaban J connectivity index is 2.75. The van der Waals surface area contributed by atoms with E-state index < -0.39 is 0 Å². The standard InChI is InChI=1S/C15H20ClNO2/c1-4-6-7-17-11-12-9-13(16)15(19-8-5-2)14(10-12)18-3/h2,9-10,17H,4,6-8,11H2,1,3H3. The molecule has 1 aromatic rings. The molecule has 0 saturated heterocycles. The summed E-state index contributed by atoms with van der Waals surface area (Å²) in [6.45, 7) is 4.08. The number of ether oxygens (including phenoxy) is 2. The Labute approximate surface area is 120 Å². The normalized spacial score (nSPS) is 10.0. The fraction of sp³-hybridized carbons (Fsp3) is 0.467. The summed E-state index contributed by atoms with van der Waals surface area (Å²) >= 11 is 6.19. The molecule has 0 spiro atoms. The Hall–Kier alpha value is -1.37. The molecule has 0 amide bonds. The van der Waals surface area contributed by atoms with Gasteiger partial charge in [0.05, 0.1) is 12.1 Å². The maximum absolute atomic E-state index is 6.19. The lowest BCUT2D eigenvalue weighted by molar-refractivity contribution is 0.331. The van der Waals surface area contributed by atoms with E-state index in [-0.39, 0.29) is 6.61 Å². The summed E-state index contributed by atoms with van der Waals surface area (Å²) in [7, 11) is 1.59. The van der Waals surface area contributed by atoms with Gasteiger partial charge in [-0.05, 0) is 30.7 Å². The molecule has 0 aliphatic rings. The van der Waals surface area contributed by atoms with Gasteiger partial charge in [0.25, 0.3) is 0 Å². The van der Waals surface area contributed by atoms with Gasteiger partial charge >= 0.3 is 0 Å². The molecular weight excluding hydrogens is 262 g/mol. The van der Waals surface area contributed by atoms with Crippen LogP contribution < -0.4 is 14.8 Å². The molecule has 19 heavy (non-hydrogen) atoms. The van der Waals surface area contributed by atoms with Crippen molar-refractivity contribution in [2.45, 2.75) is 26.3 Å². The predicted molar refractivity (Wildman–Crippen MR) is 78.9 cm³/mol. The number of hydrogen-bond acceptors (Lipinski definition) is 3. The van der Waals surface area contributed by atoms with E-state index >= 15 is 0 Å². The van der Waals surface area contributed by atoms with Gasteiger partial charge in [0.1, 0.15) is 6.61 Å². The molecule has 104 valence electrons. The van der Waals surface area contributed by atoms with Crippen molar-refractivity contribution < 1.29 is 9.47 Å². The monoisotopic (exact) mass is 281 g/mol. The molecule has 0 unspecified atom stereocenters. The average molecular weight is 282 g/mol. The molecule has 4 heteroatoms. The summed E-state index contributed by atoms with van der Waals surface area (Å²) in [6.07, 6.45) is 7.51. The van der Waals surface area contributed by atoms with Gasteiger partial charge < -0.3 is 14.8 Å². The molecule has 0 aliphatic carbocycles. The van der Waals surface area contributed by atoms with Gasteiger partial charge in [-0.2, -0.15) is 0 Å². The van der Waals surface area contributed by atoms with E-state index in [1.165, 1.54) is 6.42 Å². The average Bonchev–Trinajstić information content (AvgIpc) is 2.42. The van der Waals surface area contributed by atoms with Crippen molar-refractivity contribution in [1.82, 2.24) is 5.32 Å². The quantitative estimate of drug-likeness (QED) is 0.586. The van der Waals surface area contributed by atoms with Crippen LogP contribution in [0, 0.1) is 12.3 Å². The van der Waals surface area contributed by atoms with Gasteiger partial charge in [-0.3, -0.25) is 0 Å². The van der Waals surface area contributed by atoms with E-state index in [1.807, 2.05) is 12.1 Å². The summed E-state index contributed by atoms with van der Waals surface area (Å²) < 4.78 is 10.7. The van der Waals surface area contributed by atoms with Gasteiger partial charge in [0.15, 0.2) is 11.5 Å². The van der Waals surface area contributed by atoms with Gasteiger partial charge in [-0.15, -0.1) is 6.42 Å². The van der Waals surface area contributed by atoms with Crippen LogP contribution in [0.5, 0.6) is 11.5 Å². The van der Waals surface area contributed by atoms with Crippen LogP contribution in [0.3, 0.4) is 0 Å². The minimum absolute atomic E-state index is 0.171. The van der Waals surface area contributed by atoms with Crippen molar-refractivity contribution in [2.75, 3.05) is 20.3 Å². The van der Waals surface area contributed by atoms with Gasteiger partial charge in [-0.25, -0.2) is 0 Å². The number of halogens is 1. The first-order valence-corrected chi connectivity index (χ1v) is 6.74. The Morgan fingerprint density at radius 3 is 2.84 bits per heavy atom. The zero-order chi connectivity index (χ0) is 14.1. The molecule has 1 aromatic carbocycles. The second-order valence-corrected chi connectivity index (χ2v) is 4.54. The van der Waals surface area contributed by atoms with E-state index in [0.717, 1.165) is 25.1 Å². The molecule has 0 fully saturated rings. The Morgan fingerprint density at radius 1 is 1.42 bits per heavy atom. The van der Waals surface area contributed by atoms with Crippen LogP contribution in [0.25, 0.3) is 0 Å². The zero-order valence-corrected chi connectivity index (χ0v) is 12.2. The SMILES string of the molecule is C#CCOc1c(Cl)cc(CNCCCC)cc1OC. The lowest BCUT2D eigenvalue weighted by Crippen LogP contribution is -2.14. The molecule has 0 saturated carbocycles. The van der Waals surface area contributed by atoms with Crippen molar-refractivity contribution in [2.24, 2.45) is 0 Å². The van der Waals surface area contributed by atoms with E-state index in [2.05, 4.69) is 18.2 Å². The lowest BCUT2D eigenvalue weighted by Gasteiger charge is -2.13. The lowest BCUT2D eigenvalue weighted by atomic mass is 10.2. The Morgan fingerprint density at radius 2 is 2.21 bits per heavy atom. The number of terminal acetylenes is 1. The number of hydrogen-bond donors (Lipinski definition) is 1. The maximum Gasteiger partial charge on any atom is 0.181 e. The van der Waals surface area contributed by atoms with Gasteiger partial charge in [0.2, 0.25) is 0 Å². The van der Waals surface area contributed by atoms with Crippen LogP contribution in [0.2, 0.25) is 5.02 Å². The minimum atomic E-state index is 0.171. The molecule has 0 radical (unpaired) electrons. The second-order valence-electron chi connectivity index (χ2n) is 4.13. The highest BCUT2D eigenvalue weighted by atomic mass is 35.5. The largest absolute Gasteiger partial charge is 0.493 e. The first-order chi connectivity index (χ1) is 9.22. The van der Waals surface area contributed by atoms with Crippen molar-refractivity contribution >= 4 is 11.6 Å². The Kier molecular flexibility index (Phi) is 7.17. The predicted octanol–water partition coefficient (Wildman–Crippen LogP) is 3.25. The Bertz CT molecular complexity index is 441. The number of nitrogens with one attached hydrogen (secondary N) is 1. The first-order valence-electron chi connectivity index (χ1n) is 6.36. The van der Waals surface area contributed by atoms with Gasteiger partial charge in [-0.1, -0.05) is 30.9 Å². The molecule has 0 heterocycles. The fourth-order valence-corrected chi connectivity index (χ4v) is 1.95. The molecule has 3 nitrogen and oxygen atoms in total. The van der Waals surface area contributed by atoms with Crippen molar-refractivity contribution in [3.8, 4) is 23.8 Å². The number of rotatable bonds is 8. The second kappa shape index (κ2) is 8.68. The molecule has 1 rings (SSSR count). The topological polar surface area (TPSA) is 30.5 Å². The third-order valence-electron chi connectivity index (χ3n) is 2.63. The number of methoxy groups -OCH3 is 1. The van der Waals surface area contributed by atoms with Crippen LogP contribution in [-0.2, 0) is 6.54 Å². The molecule has 1 N–H and O–H groups in total. The smallest absolute Gasteiger partial charge is 0.181 e. The van der Waals surface area contributed by atoms with Crippen LogP contribution >= 0.6 is 11.6 Å². The summed E-state index contributed by atoms with van der Waals surface area (Å²) in [5.41, 5.74) is 1.06. The van der Waals surface area contributed by atoms with Gasteiger partial charge in [0, 0.05) is 6.54 Å². The van der Waals surface area contributed by atoms with Crippen LogP contribution in [-0.4, -0.2) is 20.3 Å². The van der Waals surface area contributed by atoms with E-state index in [0.29, 0.717) is 16.5 Å². The third kappa shape index (κ3) is 5.02. The zero-order valence-electron chi connectivity index (χ0n) is 11.5. The van der Waals surface area contributed by atoms with Crippen molar-refractivity contribution in [3.05, 3.63) is 22.7 Å². The van der Waals surface area contributed by atoms with Crippen LogP contribution in [0.4, 0.5) is 0 Å². The highest BCUT2D eigenvalue weighted by Gasteiger charge is 2.11. The van der Waals surface area contributed by atoms with E-state index in [4.69, 9.17) is 27.5 Å². The molecule has 0 aliphatic heterocycles. The van der Waals surface area contributed by atoms with E-state index in [1.54, 1.807) is 7.11 Å². The summed E-state index contributed by atoms with van der Waals surface area (Å²) in [5, 5.41) is 3.87. The fourth-order valence-electron chi connectivity index (χ4n) is 1.66. The van der Waals surface area contributed by atoms with Crippen molar-refractivity contribution in [3.63, 3.8) is 0 Å². The molecule has 0 atom stereocenters. The van der Waals surface area contributed by atoms with Crippen LogP contribution in [0.1, 0.15) is 25.3 Å². The van der Waals surface area contributed by atoms with E-state index in [9.17, 15) is 0 Å². The molecular formula is C15H20ClNO2. The van der Waals surface area contributed by atoms with Crippen molar-refractivity contribution in [1.29, 1.82) is 0 Å². The highest BCUT2D eigenvalue weighted by Crippen LogP contribution is 2.36. The summed E-state index contributed by atoms with van der Waals surface area (Å²) in [5.74, 6) is 3.51. The summed E-state index contributed by atoms with van der Waals surface area (Å²) in [4.78, 5) is 0. The molecule has 0 bridgehead atoms. The number of unbranched alkanes of at least 4 members (excludes halogenated alkanes) is 1. The minimum Gasteiger partial charge on any atom is -0.493 e. The first kappa shape index (κ1) is 15.7. The highest BCUT2D eigenvalue weighted by molar-refractivity contribution is 6.32. The van der Waals surface area contributed by atoms with Crippen LogP contribution in [0.15, 0.2) is 12.1 Å². The third-order valence-corrected chi connectivity index (χ3v) is 2.91. The summed E-state index contributed by atoms with van der Waals surface area (Å²) in [6, 6.07) is 3.78. The maximum atomic E-state index is 6.19. The molecule has 0 aromatic heterocycles. The number of benzene rings is 1.